The van der Waals surface area contributed by atoms with Crippen molar-refractivity contribution < 1.29 is 37.0 Å². The number of carbonyl (C=O) groups is 2. The molecule has 1 aliphatic rings. The number of nitrogens with zero attached hydrogens (tertiary/aromatic N) is 1. The molecule has 182 valence electrons. The summed E-state index contributed by atoms with van der Waals surface area (Å²) in [4.78, 5) is 26.0. The van der Waals surface area contributed by atoms with Crippen LogP contribution in [0, 0.1) is 0 Å². The SMILES string of the molecule is COC(=O)Cc1ccc(Cl)c(OCc2cccc3c2CN(c2ccc(OC(F)(F)F)cc2)C3=O)c1. The minimum absolute atomic E-state index is 0.0705. The molecule has 3 aromatic carbocycles. The normalized spacial score (nSPS) is 12.9. The number of benzene rings is 3. The van der Waals surface area contributed by atoms with Crippen molar-refractivity contribution >= 4 is 29.2 Å². The average Bonchev–Trinajstić information content (AvgIpc) is 3.16. The maximum absolute atomic E-state index is 13.0. The predicted octanol–water partition coefficient (Wildman–Crippen LogP) is 5.69. The molecule has 0 fully saturated rings. The number of hydrogen-bond acceptors (Lipinski definition) is 5. The first kappa shape index (κ1) is 24.4. The lowest BCUT2D eigenvalue weighted by atomic mass is 10.0. The molecule has 0 radical (unpaired) electrons. The lowest BCUT2D eigenvalue weighted by molar-refractivity contribution is -0.274. The van der Waals surface area contributed by atoms with Crippen molar-refractivity contribution in [3.05, 3.63) is 87.9 Å². The molecule has 0 aromatic heterocycles. The quantitative estimate of drug-likeness (QED) is 0.386. The van der Waals surface area contributed by atoms with E-state index < -0.39 is 12.3 Å². The number of fused-ring (bicyclic) bond motifs is 1. The van der Waals surface area contributed by atoms with Gasteiger partial charge in [0.15, 0.2) is 0 Å². The Bertz CT molecular complexity index is 1260. The van der Waals surface area contributed by atoms with Gasteiger partial charge in [-0.1, -0.05) is 29.8 Å². The van der Waals surface area contributed by atoms with Gasteiger partial charge in [-0.3, -0.25) is 9.59 Å². The van der Waals surface area contributed by atoms with E-state index >= 15 is 0 Å². The molecule has 0 spiro atoms. The largest absolute Gasteiger partial charge is 0.573 e. The Morgan fingerprint density at radius 1 is 1.09 bits per heavy atom. The Kier molecular flexibility index (Phi) is 6.88. The number of esters is 1. The van der Waals surface area contributed by atoms with Crippen LogP contribution in [0.2, 0.25) is 5.02 Å². The molecule has 1 aliphatic heterocycles. The van der Waals surface area contributed by atoms with Gasteiger partial charge in [-0.2, -0.15) is 0 Å². The van der Waals surface area contributed by atoms with Gasteiger partial charge in [0.1, 0.15) is 18.1 Å². The summed E-state index contributed by atoms with van der Waals surface area (Å²) in [6.45, 7) is 0.341. The summed E-state index contributed by atoms with van der Waals surface area (Å²) in [5.74, 6) is -0.655. The molecule has 0 bridgehead atoms. The standard InChI is InChI=1S/C25H19ClF3NO5/c1-33-23(31)12-15-5-10-21(26)22(11-15)34-14-16-3-2-4-19-20(16)13-30(24(19)32)17-6-8-18(9-7-17)35-25(27,28)29/h2-11H,12-14H2,1H3. The topological polar surface area (TPSA) is 65.1 Å². The van der Waals surface area contributed by atoms with Gasteiger partial charge in [0.2, 0.25) is 0 Å². The van der Waals surface area contributed by atoms with E-state index in [0.29, 0.717) is 27.6 Å². The van der Waals surface area contributed by atoms with Crippen molar-refractivity contribution in [3.63, 3.8) is 0 Å². The first-order chi connectivity index (χ1) is 16.6. The summed E-state index contributed by atoms with van der Waals surface area (Å²) < 4.78 is 51.7. The van der Waals surface area contributed by atoms with Crippen LogP contribution in [0.5, 0.6) is 11.5 Å². The predicted molar refractivity (Wildman–Crippen MR) is 122 cm³/mol. The van der Waals surface area contributed by atoms with Crippen LogP contribution in [0.15, 0.2) is 60.7 Å². The van der Waals surface area contributed by atoms with Crippen molar-refractivity contribution in [2.24, 2.45) is 0 Å². The summed E-state index contributed by atoms with van der Waals surface area (Å²) in [7, 11) is 1.31. The van der Waals surface area contributed by atoms with E-state index in [4.69, 9.17) is 16.3 Å². The van der Waals surface area contributed by atoms with Gasteiger partial charge in [-0.15, -0.1) is 13.2 Å². The zero-order valence-electron chi connectivity index (χ0n) is 18.4. The van der Waals surface area contributed by atoms with Crippen LogP contribution >= 0.6 is 11.6 Å². The molecule has 1 amide bonds. The summed E-state index contributed by atoms with van der Waals surface area (Å²) in [5, 5.41) is 0.366. The lowest BCUT2D eigenvalue weighted by Crippen LogP contribution is -2.23. The smallest absolute Gasteiger partial charge is 0.487 e. The highest BCUT2D eigenvalue weighted by Gasteiger charge is 2.32. The fourth-order valence-electron chi connectivity index (χ4n) is 3.73. The molecule has 10 heteroatoms. The molecule has 0 atom stereocenters. The molecular formula is C25H19ClF3NO5. The summed E-state index contributed by atoms with van der Waals surface area (Å²) in [6.07, 6.45) is -4.72. The van der Waals surface area contributed by atoms with E-state index in [9.17, 15) is 22.8 Å². The highest BCUT2D eigenvalue weighted by Crippen LogP contribution is 2.33. The number of rotatable bonds is 7. The molecule has 1 heterocycles. The Labute approximate surface area is 203 Å². The van der Waals surface area contributed by atoms with Crippen molar-refractivity contribution in [2.75, 3.05) is 12.0 Å². The van der Waals surface area contributed by atoms with Crippen LogP contribution in [-0.2, 0) is 29.1 Å². The van der Waals surface area contributed by atoms with Crippen molar-refractivity contribution in [1.82, 2.24) is 0 Å². The third-order valence-corrected chi connectivity index (χ3v) is 5.71. The van der Waals surface area contributed by atoms with Gasteiger partial charge in [0.25, 0.3) is 5.91 Å². The van der Waals surface area contributed by atoms with E-state index in [1.165, 1.54) is 24.1 Å². The fourth-order valence-corrected chi connectivity index (χ4v) is 3.90. The van der Waals surface area contributed by atoms with E-state index in [1.54, 1.807) is 30.3 Å². The molecule has 35 heavy (non-hydrogen) atoms. The molecule has 3 aromatic rings. The minimum Gasteiger partial charge on any atom is -0.487 e. The zero-order chi connectivity index (χ0) is 25.2. The van der Waals surface area contributed by atoms with Gasteiger partial charge in [-0.25, -0.2) is 0 Å². The van der Waals surface area contributed by atoms with Crippen LogP contribution in [0.25, 0.3) is 0 Å². The molecule has 6 nitrogen and oxygen atoms in total. The van der Waals surface area contributed by atoms with Gasteiger partial charge in [-0.05, 0) is 59.2 Å². The third kappa shape index (κ3) is 5.68. The number of methoxy groups -OCH3 is 1. The Balaban J connectivity index is 1.50. The van der Waals surface area contributed by atoms with Crippen LogP contribution < -0.4 is 14.4 Å². The lowest BCUT2D eigenvalue weighted by Gasteiger charge is -2.17. The number of anilines is 1. The van der Waals surface area contributed by atoms with Crippen LogP contribution in [0.1, 0.15) is 27.0 Å². The minimum atomic E-state index is -4.79. The van der Waals surface area contributed by atoms with Crippen molar-refractivity contribution in [3.8, 4) is 11.5 Å². The van der Waals surface area contributed by atoms with Crippen LogP contribution in [-0.4, -0.2) is 25.3 Å². The second-order valence-electron chi connectivity index (χ2n) is 7.68. The van der Waals surface area contributed by atoms with E-state index in [1.807, 2.05) is 6.07 Å². The number of hydrogen-bond donors (Lipinski definition) is 0. The van der Waals surface area contributed by atoms with E-state index in [2.05, 4.69) is 9.47 Å². The number of alkyl halides is 3. The highest BCUT2D eigenvalue weighted by atomic mass is 35.5. The number of halogens is 4. The molecule has 0 aliphatic carbocycles. The Morgan fingerprint density at radius 3 is 2.51 bits per heavy atom. The van der Waals surface area contributed by atoms with Gasteiger partial charge in [0.05, 0.1) is 25.1 Å². The zero-order valence-corrected chi connectivity index (χ0v) is 19.2. The molecule has 0 unspecified atom stereocenters. The fraction of sp³-hybridized carbons (Fsp3) is 0.200. The summed E-state index contributed by atoms with van der Waals surface area (Å²) in [5.41, 5.74) is 3.09. The number of carbonyl (C=O) groups excluding carboxylic acids is 2. The first-order valence-electron chi connectivity index (χ1n) is 10.4. The van der Waals surface area contributed by atoms with E-state index in [-0.39, 0.29) is 31.2 Å². The maximum Gasteiger partial charge on any atom is 0.573 e. The monoisotopic (exact) mass is 505 g/mol. The van der Waals surface area contributed by atoms with Crippen molar-refractivity contribution in [2.45, 2.75) is 25.9 Å². The highest BCUT2D eigenvalue weighted by molar-refractivity contribution is 6.32. The average molecular weight is 506 g/mol. The van der Waals surface area contributed by atoms with Gasteiger partial charge in [0, 0.05) is 11.3 Å². The summed E-state index contributed by atoms with van der Waals surface area (Å²) >= 11 is 6.25. The number of ether oxygens (including phenoxy) is 3. The maximum atomic E-state index is 13.0. The molecule has 0 N–H and O–H groups in total. The van der Waals surface area contributed by atoms with Gasteiger partial charge >= 0.3 is 12.3 Å². The molecule has 4 rings (SSSR count). The third-order valence-electron chi connectivity index (χ3n) is 5.40. The van der Waals surface area contributed by atoms with Crippen LogP contribution in [0.3, 0.4) is 0 Å². The van der Waals surface area contributed by atoms with Gasteiger partial charge < -0.3 is 19.1 Å². The van der Waals surface area contributed by atoms with Crippen molar-refractivity contribution in [1.29, 1.82) is 0 Å². The molecular weight excluding hydrogens is 487 g/mol. The second kappa shape index (κ2) is 9.87. The Hall–Kier alpha value is -3.72. The number of amides is 1. The molecule has 0 saturated carbocycles. The summed E-state index contributed by atoms with van der Waals surface area (Å²) in [6, 6.07) is 15.3. The Morgan fingerprint density at radius 2 is 1.83 bits per heavy atom. The first-order valence-corrected chi connectivity index (χ1v) is 10.8. The van der Waals surface area contributed by atoms with Crippen LogP contribution in [0.4, 0.5) is 18.9 Å². The van der Waals surface area contributed by atoms with E-state index in [0.717, 1.165) is 23.3 Å². The molecule has 0 saturated heterocycles. The second-order valence-corrected chi connectivity index (χ2v) is 8.09.